The van der Waals surface area contributed by atoms with Crippen LogP contribution in [-0.2, 0) is 17.6 Å². The van der Waals surface area contributed by atoms with Crippen molar-refractivity contribution in [2.75, 3.05) is 6.61 Å². The van der Waals surface area contributed by atoms with Gasteiger partial charge in [-0.25, -0.2) is 0 Å². The van der Waals surface area contributed by atoms with Gasteiger partial charge in [-0.05, 0) is 17.5 Å². The number of hydrogen-bond acceptors (Lipinski definition) is 2. The molecular weight excluding hydrogens is 260 g/mol. The number of aliphatic hydroxyl groups is 1. The molecule has 0 bridgehead atoms. The molecule has 2 aromatic carbocycles. The van der Waals surface area contributed by atoms with Crippen molar-refractivity contribution in [3.05, 3.63) is 71.8 Å². The van der Waals surface area contributed by atoms with Crippen molar-refractivity contribution in [1.29, 1.82) is 0 Å². The highest BCUT2D eigenvalue weighted by Crippen LogP contribution is 2.21. The summed E-state index contributed by atoms with van der Waals surface area (Å²) < 4.78 is 5.83. The van der Waals surface area contributed by atoms with Gasteiger partial charge in [0.2, 0.25) is 0 Å². The Balaban J connectivity index is 2.09. The zero-order valence-corrected chi connectivity index (χ0v) is 12.7. The van der Waals surface area contributed by atoms with Crippen LogP contribution in [0.25, 0.3) is 0 Å². The molecule has 112 valence electrons. The molecule has 0 saturated heterocycles. The van der Waals surface area contributed by atoms with Crippen LogP contribution in [0.5, 0.6) is 0 Å². The van der Waals surface area contributed by atoms with E-state index in [9.17, 15) is 5.11 Å². The molecule has 0 spiro atoms. The second-order valence-electron chi connectivity index (χ2n) is 5.47. The minimum absolute atomic E-state index is 0.506. The zero-order chi connectivity index (χ0) is 15.0. The average molecular weight is 284 g/mol. The fourth-order valence-electron chi connectivity index (χ4n) is 2.40. The molecule has 2 aromatic rings. The molecule has 0 aromatic heterocycles. The van der Waals surface area contributed by atoms with Crippen LogP contribution in [-0.4, -0.2) is 17.5 Å². The number of hydrogen-bond donors (Lipinski definition) is 1. The predicted octanol–water partition coefficient (Wildman–Crippen LogP) is 3.98. The lowest BCUT2D eigenvalue weighted by molar-refractivity contribution is -0.201. The van der Waals surface area contributed by atoms with Crippen molar-refractivity contribution in [3.8, 4) is 0 Å². The molecular formula is C19H24O2. The third kappa shape index (κ3) is 5.33. The lowest BCUT2D eigenvalue weighted by atomic mass is 9.98. The Hall–Kier alpha value is -1.64. The lowest BCUT2D eigenvalue weighted by Crippen LogP contribution is -2.38. The van der Waals surface area contributed by atoms with Crippen LogP contribution >= 0.6 is 0 Å². The van der Waals surface area contributed by atoms with E-state index in [2.05, 4.69) is 6.92 Å². The molecule has 2 heteroatoms. The second kappa shape index (κ2) is 7.96. The largest absolute Gasteiger partial charge is 0.365 e. The van der Waals surface area contributed by atoms with Gasteiger partial charge in [0.1, 0.15) is 0 Å². The first-order valence-electron chi connectivity index (χ1n) is 7.66. The van der Waals surface area contributed by atoms with Crippen molar-refractivity contribution >= 4 is 0 Å². The molecule has 0 aliphatic carbocycles. The summed E-state index contributed by atoms with van der Waals surface area (Å²) >= 11 is 0. The zero-order valence-electron chi connectivity index (χ0n) is 12.7. The van der Waals surface area contributed by atoms with Crippen molar-refractivity contribution in [3.63, 3.8) is 0 Å². The van der Waals surface area contributed by atoms with Crippen LogP contribution in [0.3, 0.4) is 0 Å². The Morgan fingerprint density at radius 1 is 0.857 bits per heavy atom. The Kier molecular flexibility index (Phi) is 5.97. The van der Waals surface area contributed by atoms with E-state index in [-0.39, 0.29) is 0 Å². The minimum Gasteiger partial charge on any atom is -0.365 e. The predicted molar refractivity (Wildman–Crippen MR) is 86.1 cm³/mol. The summed E-state index contributed by atoms with van der Waals surface area (Å²) in [6, 6.07) is 20.0. The molecule has 21 heavy (non-hydrogen) atoms. The van der Waals surface area contributed by atoms with E-state index in [4.69, 9.17) is 4.74 Å². The van der Waals surface area contributed by atoms with Crippen LogP contribution in [0, 0.1) is 0 Å². The summed E-state index contributed by atoms with van der Waals surface area (Å²) in [4.78, 5) is 0. The molecule has 0 radical (unpaired) electrons. The van der Waals surface area contributed by atoms with Crippen molar-refractivity contribution < 1.29 is 9.84 Å². The van der Waals surface area contributed by atoms with Gasteiger partial charge in [-0.3, -0.25) is 0 Å². The van der Waals surface area contributed by atoms with Crippen LogP contribution in [0.15, 0.2) is 60.7 Å². The summed E-state index contributed by atoms with van der Waals surface area (Å²) in [5.41, 5.74) is 2.18. The Labute approximate surface area is 127 Å². The van der Waals surface area contributed by atoms with E-state index in [1.165, 1.54) is 0 Å². The van der Waals surface area contributed by atoms with Crippen molar-refractivity contribution in [2.45, 2.75) is 38.4 Å². The fraction of sp³-hybridized carbons (Fsp3) is 0.368. The maximum absolute atomic E-state index is 10.9. The molecule has 0 saturated carbocycles. The summed E-state index contributed by atoms with van der Waals surface area (Å²) in [6.45, 7) is 2.71. The summed E-state index contributed by atoms with van der Waals surface area (Å²) in [5.74, 6) is -1.14. The van der Waals surface area contributed by atoms with E-state index in [1.807, 2.05) is 60.7 Å². The van der Waals surface area contributed by atoms with E-state index < -0.39 is 5.79 Å². The Morgan fingerprint density at radius 2 is 1.33 bits per heavy atom. The Morgan fingerprint density at radius 3 is 1.76 bits per heavy atom. The molecule has 0 atom stereocenters. The lowest BCUT2D eigenvalue weighted by Gasteiger charge is -2.29. The van der Waals surface area contributed by atoms with E-state index in [0.29, 0.717) is 19.4 Å². The number of rotatable bonds is 8. The van der Waals surface area contributed by atoms with Crippen LogP contribution in [0.4, 0.5) is 0 Å². The summed E-state index contributed by atoms with van der Waals surface area (Å²) in [5, 5.41) is 10.9. The molecule has 0 aliphatic rings. The van der Waals surface area contributed by atoms with Gasteiger partial charge in [0.05, 0.1) is 6.61 Å². The van der Waals surface area contributed by atoms with Gasteiger partial charge in [0.25, 0.3) is 0 Å². The first-order valence-corrected chi connectivity index (χ1v) is 7.66. The molecule has 1 N–H and O–H groups in total. The number of ether oxygens (including phenoxy) is 1. The average Bonchev–Trinajstić information content (AvgIpc) is 2.49. The summed E-state index contributed by atoms with van der Waals surface area (Å²) in [7, 11) is 0. The third-order valence-corrected chi connectivity index (χ3v) is 3.51. The normalized spacial score (nSPS) is 11.5. The highest BCUT2D eigenvalue weighted by atomic mass is 16.6. The van der Waals surface area contributed by atoms with Gasteiger partial charge >= 0.3 is 0 Å². The van der Waals surface area contributed by atoms with Crippen LogP contribution < -0.4 is 0 Å². The highest BCUT2D eigenvalue weighted by Gasteiger charge is 2.28. The van der Waals surface area contributed by atoms with Gasteiger partial charge in [-0.2, -0.15) is 0 Å². The van der Waals surface area contributed by atoms with Gasteiger partial charge in [0.15, 0.2) is 5.79 Å². The maximum Gasteiger partial charge on any atom is 0.173 e. The molecule has 0 heterocycles. The van der Waals surface area contributed by atoms with Gasteiger partial charge in [0, 0.05) is 12.8 Å². The standard InChI is InChI=1S/C19H24O2/c1-2-3-14-21-19(20,15-17-10-6-4-7-11-17)16-18-12-8-5-9-13-18/h4-13,20H,2-3,14-16H2,1H3. The number of benzene rings is 2. The molecule has 0 unspecified atom stereocenters. The van der Waals surface area contributed by atoms with Gasteiger partial charge in [-0.15, -0.1) is 0 Å². The molecule has 0 aliphatic heterocycles. The fourth-order valence-corrected chi connectivity index (χ4v) is 2.40. The smallest absolute Gasteiger partial charge is 0.173 e. The minimum atomic E-state index is -1.14. The second-order valence-corrected chi connectivity index (χ2v) is 5.47. The molecule has 0 amide bonds. The monoisotopic (exact) mass is 284 g/mol. The Bertz CT molecular complexity index is 466. The molecule has 2 rings (SSSR count). The van der Waals surface area contributed by atoms with Crippen LogP contribution in [0.1, 0.15) is 30.9 Å². The van der Waals surface area contributed by atoms with E-state index in [1.54, 1.807) is 0 Å². The van der Waals surface area contributed by atoms with Crippen LogP contribution in [0.2, 0.25) is 0 Å². The SMILES string of the molecule is CCCCOC(O)(Cc1ccccc1)Cc1ccccc1. The molecule has 2 nitrogen and oxygen atoms in total. The highest BCUT2D eigenvalue weighted by molar-refractivity contribution is 5.20. The first-order chi connectivity index (χ1) is 10.2. The third-order valence-electron chi connectivity index (χ3n) is 3.51. The van der Waals surface area contributed by atoms with Gasteiger partial charge < -0.3 is 9.84 Å². The van der Waals surface area contributed by atoms with E-state index in [0.717, 1.165) is 24.0 Å². The topological polar surface area (TPSA) is 29.5 Å². The number of unbranched alkanes of at least 4 members (excludes halogenated alkanes) is 1. The molecule has 0 fully saturated rings. The first kappa shape index (κ1) is 15.7. The van der Waals surface area contributed by atoms with Gasteiger partial charge in [-0.1, -0.05) is 74.0 Å². The quantitative estimate of drug-likeness (QED) is 0.587. The van der Waals surface area contributed by atoms with Crippen molar-refractivity contribution in [2.24, 2.45) is 0 Å². The van der Waals surface area contributed by atoms with E-state index >= 15 is 0 Å². The summed E-state index contributed by atoms with van der Waals surface area (Å²) in [6.07, 6.45) is 3.04. The maximum atomic E-state index is 10.9. The van der Waals surface area contributed by atoms with Crippen molar-refractivity contribution in [1.82, 2.24) is 0 Å².